The van der Waals surface area contributed by atoms with Crippen molar-refractivity contribution in [1.29, 1.82) is 5.26 Å². The van der Waals surface area contributed by atoms with Crippen LogP contribution in [0.4, 0.5) is 10.6 Å². The van der Waals surface area contributed by atoms with Crippen molar-refractivity contribution in [3.8, 4) is 23.6 Å². The molecule has 1 aromatic heterocycles. The van der Waals surface area contributed by atoms with Crippen molar-refractivity contribution in [2.75, 3.05) is 12.3 Å². The molecule has 0 spiro atoms. The maximum absolute atomic E-state index is 11.7. The maximum Gasteiger partial charge on any atom is 0.407 e. The second kappa shape index (κ2) is 9.63. The Balaban J connectivity index is 1.44. The zero-order chi connectivity index (χ0) is 20.5. The van der Waals surface area contributed by atoms with Gasteiger partial charge in [0.15, 0.2) is 0 Å². The van der Waals surface area contributed by atoms with Crippen LogP contribution in [-0.4, -0.2) is 22.4 Å². The fourth-order valence-corrected chi connectivity index (χ4v) is 2.50. The van der Waals surface area contributed by atoms with E-state index in [1.54, 1.807) is 0 Å². The highest BCUT2D eigenvalue weighted by Gasteiger charge is 2.07. The quantitative estimate of drug-likeness (QED) is 0.519. The number of carbonyl (C=O) groups is 1. The smallest absolute Gasteiger partial charge is 0.407 e. The summed E-state index contributed by atoms with van der Waals surface area (Å²) in [4.78, 5) is 11.7. The van der Waals surface area contributed by atoms with Gasteiger partial charge < -0.3 is 15.8 Å². The number of nitrogen functional groups attached to an aromatic ring is 1. The largest absolute Gasteiger partial charge is 0.445 e. The number of anilines is 1. The van der Waals surface area contributed by atoms with E-state index in [1.807, 2.05) is 60.7 Å². The molecule has 0 atom stereocenters. The normalized spacial score (nSPS) is 9.76. The third-order valence-corrected chi connectivity index (χ3v) is 4.00. The second-order valence-corrected chi connectivity index (χ2v) is 6.05. The number of rotatable bonds is 5. The van der Waals surface area contributed by atoms with E-state index in [4.69, 9.17) is 15.7 Å². The summed E-state index contributed by atoms with van der Waals surface area (Å²) in [6, 6.07) is 18.8. The van der Waals surface area contributed by atoms with Gasteiger partial charge in [0.25, 0.3) is 0 Å². The van der Waals surface area contributed by atoms with E-state index in [0.717, 1.165) is 16.8 Å². The Morgan fingerprint density at radius 3 is 2.62 bits per heavy atom. The Hall–Kier alpha value is -4.23. The van der Waals surface area contributed by atoms with Crippen molar-refractivity contribution in [2.24, 2.45) is 0 Å². The van der Waals surface area contributed by atoms with Crippen LogP contribution in [0.3, 0.4) is 0 Å². The second-order valence-electron chi connectivity index (χ2n) is 6.05. The number of benzene rings is 2. The van der Waals surface area contributed by atoms with E-state index in [0.29, 0.717) is 24.3 Å². The lowest BCUT2D eigenvalue weighted by molar-refractivity contribution is 0.140. The molecule has 7 heteroatoms. The average Bonchev–Trinajstić information content (AvgIpc) is 3.13. The Morgan fingerprint density at radius 2 is 1.93 bits per heavy atom. The summed E-state index contributed by atoms with van der Waals surface area (Å²) >= 11 is 0. The van der Waals surface area contributed by atoms with E-state index < -0.39 is 6.09 Å². The van der Waals surface area contributed by atoms with Crippen LogP contribution >= 0.6 is 0 Å². The van der Waals surface area contributed by atoms with Crippen molar-refractivity contribution in [1.82, 2.24) is 15.1 Å². The fourth-order valence-electron chi connectivity index (χ4n) is 2.50. The first kappa shape index (κ1) is 19.5. The molecule has 0 aliphatic rings. The van der Waals surface area contributed by atoms with Crippen LogP contribution < -0.4 is 11.1 Å². The summed E-state index contributed by atoms with van der Waals surface area (Å²) in [7, 11) is 0. The molecule has 0 radical (unpaired) electrons. The minimum Gasteiger partial charge on any atom is -0.445 e. The number of nitrogens with two attached hydrogens (primary N) is 1. The van der Waals surface area contributed by atoms with Crippen LogP contribution in [0.25, 0.3) is 5.69 Å². The number of nitrogens with zero attached hydrogens (tertiary/aromatic N) is 3. The first-order valence-electron chi connectivity index (χ1n) is 8.95. The molecular weight excluding hydrogens is 366 g/mol. The van der Waals surface area contributed by atoms with Crippen molar-refractivity contribution < 1.29 is 9.53 Å². The van der Waals surface area contributed by atoms with Gasteiger partial charge in [0.2, 0.25) is 0 Å². The van der Waals surface area contributed by atoms with E-state index in [2.05, 4.69) is 22.3 Å². The van der Waals surface area contributed by atoms with E-state index >= 15 is 0 Å². The van der Waals surface area contributed by atoms with E-state index in [9.17, 15) is 4.79 Å². The minimum absolute atomic E-state index is 0.237. The Labute approximate surface area is 168 Å². The van der Waals surface area contributed by atoms with Gasteiger partial charge in [0.05, 0.1) is 11.9 Å². The fraction of sp³-hybridized carbons (Fsp3) is 0.136. The lowest BCUT2D eigenvalue weighted by Crippen LogP contribution is -2.24. The molecule has 0 saturated carbocycles. The molecule has 0 fully saturated rings. The van der Waals surface area contributed by atoms with Gasteiger partial charge in [-0.05, 0) is 29.8 Å². The number of nitriles is 1. The van der Waals surface area contributed by atoms with Crippen LogP contribution in [0.1, 0.15) is 23.1 Å². The van der Waals surface area contributed by atoms with Crippen molar-refractivity contribution in [2.45, 2.75) is 13.0 Å². The zero-order valence-electron chi connectivity index (χ0n) is 15.6. The first-order chi connectivity index (χ1) is 14.2. The van der Waals surface area contributed by atoms with E-state index in [1.165, 1.54) is 10.9 Å². The maximum atomic E-state index is 11.7. The van der Waals surface area contributed by atoms with Crippen molar-refractivity contribution in [3.05, 3.63) is 77.5 Å². The number of nitrogens with one attached hydrogen (secondary N) is 1. The molecule has 1 amide bonds. The molecule has 0 bridgehead atoms. The molecule has 0 unspecified atom stereocenters. The highest BCUT2D eigenvalue weighted by molar-refractivity contribution is 5.67. The van der Waals surface area contributed by atoms with Crippen molar-refractivity contribution >= 4 is 11.9 Å². The Kier molecular flexibility index (Phi) is 6.49. The standard InChI is InChI=1S/C22H19N5O2/c23-14-19-15-26-27(21(19)24)20-11-9-17(10-12-20)6-4-5-13-25-22(28)29-16-18-7-2-1-3-8-18/h1-3,7-12,15H,5,13,16,24H2,(H,25,28). The highest BCUT2D eigenvalue weighted by atomic mass is 16.5. The molecule has 0 saturated heterocycles. The summed E-state index contributed by atoms with van der Waals surface area (Å²) in [5.41, 5.74) is 8.73. The van der Waals surface area contributed by atoms with E-state index in [-0.39, 0.29) is 6.61 Å². The van der Waals surface area contributed by atoms with Crippen LogP contribution in [0, 0.1) is 23.2 Å². The highest BCUT2D eigenvalue weighted by Crippen LogP contribution is 2.16. The number of amides is 1. The number of hydrogen-bond donors (Lipinski definition) is 2. The number of aromatic nitrogens is 2. The summed E-state index contributed by atoms with van der Waals surface area (Å²) in [5.74, 6) is 6.34. The van der Waals surface area contributed by atoms with Gasteiger partial charge in [-0.1, -0.05) is 42.2 Å². The molecule has 1 heterocycles. The number of hydrogen-bond acceptors (Lipinski definition) is 5. The third-order valence-electron chi connectivity index (χ3n) is 4.00. The van der Waals surface area contributed by atoms with Gasteiger partial charge >= 0.3 is 6.09 Å². The van der Waals surface area contributed by atoms with Crippen LogP contribution in [0.5, 0.6) is 0 Å². The number of ether oxygens (including phenoxy) is 1. The summed E-state index contributed by atoms with van der Waals surface area (Å²) in [6.07, 6.45) is 1.47. The van der Waals surface area contributed by atoms with Gasteiger partial charge in [0.1, 0.15) is 24.1 Å². The third kappa shape index (κ3) is 5.38. The minimum atomic E-state index is -0.464. The molecular formula is C22H19N5O2. The SMILES string of the molecule is N#Cc1cnn(-c2ccc(C#CCCNC(=O)OCc3ccccc3)cc2)c1N. The zero-order valence-corrected chi connectivity index (χ0v) is 15.6. The van der Waals surface area contributed by atoms with Crippen LogP contribution in [0.15, 0.2) is 60.8 Å². The van der Waals surface area contributed by atoms with Gasteiger partial charge in [0, 0.05) is 18.5 Å². The van der Waals surface area contributed by atoms with Crippen LogP contribution in [0.2, 0.25) is 0 Å². The summed E-state index contributed by atoms with van der Waals surface area (Å²) in [5, 5.41) is 15.7. The predicted molar refractivity (Wildman–Crippen MR) is 109 cm³/mol. The molecule has 3 rings (SSSR count). The molecule has 144 valence electrons. The first-order valence-corrected chi connectivity index (χ1v) is 8.95. The molecule has 3 aromatic rings. The molecule has 7 nitrogen and oxygen atoms in total. The topological polar surface area (TPSA) is 106 Å². The number of carbonyl (C=O) groups excluding carboxylic acids is 1. The van der Waals surface area contributed by atoms with Crippen molar-refractivity contribution in [3.63, 3.8) is 0 Å². The Bertz CT molecular complexity index is 1070. The average molecular weight is 385 g/mol. The molecule has 3 N–H and O–H groups in total. The van der Waals surface area contributed by atoms with Gasteiger partial charge in [-0.25, -0.2) is 9.48 Å². The van der Waals surface area contributed by atoms with Crippen LogP contribution in [-0.2, 0) is 11.3 Å². The number of alkyl carbamates (subject to hydrolysis) is 1. The van der Waals surface area contributed by atoms with Gasteiger partial charge in [-0.3, -0.25) is 0 Å². The van der Waals surface area contributed by atoms with Gasteiger partial charge in [-0.2, -0.15) is 10.4 Å². The molecule has 0 aliphatic carbocycles. The predicted octanol–water partition coefficient (Wildman–Crippen LogP) is 2.99. The molecule has 29 heavy (non-hydrogen) atoms. The summed E-state index contributed by atoms with van der Waals surface area (Å²) in [6.45, 7) is 0.640. The lowest BCUT2D eigenvalue weighted by Gasteiger charge is -2.05. The monoisotopic (exact) mass is 385 g/mol. The Morgan fingerprint density at radius 1 is 1.17 bits per heavy atom. The molecule has 2 aromatic carbocycles. The van der Waals surface area contributed by atoms with Gasteiger partial charge in [-0.15, -0.1) is 0 Å². The summed E-state index contributed by atoms with van der Waals surface area (Å²) < 4.78 is 6.63. The lowest BCUT2D eigenvalue weighted by atomic mass is 10.2. The molecule has 0 aliphatic heterocycles.